The largest absolute Gasteiger partial charge is 0.378 e. The second kappa shape index (κ2) is 8.72. The highest BCUT2D eigenvalue weighted by molar-refractivity contribution is 7.89. The summed E-state index contributed by atoms with van der Waals surface area (Å²) in [6.45, 7) is 7.41. The molecular weight excluding hydrogens is 468 g/mol. The number of hydrogen-bond acceptors (Lipinski definition) is 8. The van der Waals surface area contributed by atoms with E-state index in [0.717, 1.165) is 41.4 Å². The lowest BCUT2D eigenvalue weighted by atomic mass is 10.00. The fraction of sp³-hybridized carbons (Fsp3) is 0.542. The number of ether oxygens (including phenoxy) is 1. The third-order valence-electron chi connectivity index (χ3n) is 7.35. The molecule has 0 unspecified atom stereocenters. The van der Waals surface area contributed by atoms with Crippen LogP contribution in [-0.2, 0) is 32.4 Å². The Labute approximate surface area is 205 Å². The van der Waals surface area contributed by atoms with Crippen molar-refractivity contribution in [1.29, 1.82) is 0 Å². The van der Waals surface area contributed by atoms with Crippen molar-refractivity contribution >= 4 is 33.4 Å². The van der Waals surface area contributed by atoms with Crippen molar-refractivity contribution < 1.29 is 17.9 Å². The van der Waals surface area contributed by atoms with Gasteiger partial charge in [0.25, 0.3) is 0 Å². The lowest BCUT2D eigenvalue weighted by Gasteiger charge is -2.35. The highest BCUT2D eigenvalue weighted by Crippen LogP contribution is 2.39. The molecule has 1 aromatic carbocycles. The van der Waals surface area contributed by atoms with Gasteiger partial charge in [-0.2, -0.15) is 9.29 Å². The zero-order chi connectivity index (χ0) is 24.2. The van der Waals surface area contributed by atoms with Crippen LogP contribution in [0, 0.1) is 6.92 Å². The molecule has 4 aliphatic heterocycles. The molecule has 6 rings (SSSR count). The Morgan fingerprint density at radius 1 is 0.829 bits per heavy atom. The van der Waals surface area contributed by atoms with E-state index >= 15 is 0 Å². The predicted molar refractivity (Wildman–Crippen MR) is 132 cm³/mol. The number of aryl methyl sites for hydroxylation is 2. The maximum atomic E-state index is 13.6. The van der Waals surface area contributed by atoms with Crippen LogP contribution in [0.2, 0.25) is 0 Å². The molecule has 5 heterocycles. The van der Waals surface area contributed by atoms with Crippen LogP contribution in [0.25, 0.3) is 0 Å². The van der Waals surface area contributed by atoms with Crippen molar-refractivity contribution in [2.45, 2.75) is 31.1 Å². The van der Waals surface area contributed by atoms with Gasteiger partial charge in [-0.25, -0.2) is 13.4 Å². The monoisotopic (exact) mass is 498 g/mol. The SMILES string of the molecule is Cc1cc(N2CCN(S(=O)(=O)c3cc4c5c(c3)CCN5C(=O)CC4)CC2)nc(N2CCOCC2)n1. The van der Waals surface area contributed by atoms with Gasteiger partial charge in [-0.1, -0.05) is 0 Å². The Morgan fingerprint density at radius 2 is 1.54 bits per heavy atom. The van der Waals surface area contributed by atoms with E-state index in [9.17, 15) is 13.2 Å². The molecule has 1 amide bonds. The minimum Gasteiger partial charge on any atom is -0.378 e. The van der Waals surface area contributed by atoms with Crippen molar-refractivity contribution in [2.75, 3.05) is 73.7 Å². The van der Waals surface area contributed by atoms with Gasteiger partial charge in [0.1, 0.15) is 5.82 Å². The highest BCUT2D eigenvalue weighted by atomic mass is 32.2. The van der Waals surface area contributed by atoms with Gasteiger partial charge < -0.3 is 19.4 Å². The van der Waals surface area contributed by atoms with Crippen LogP contribution in [0.3, 0.4) is 0 Å². The van der Waals surface area contributed by atoms with E-state index in [2.05, 4.69) is 14.8 Å². The maximum Gasteiger partial charge on any atom is 0.243 e. The molecule has 0 radical (unpaired) electrons. The molecule has 2 fully saturated rings. The molecule has 186 valence electrons. The average molecular weight is 499 g/mol. The van der Waals surface area contributed by atoms with E-state index in [1.165, 1.54) is 0 Å². The molecule has 2 aromatic rings. The molecular formula is C24H30N6O4S. The van der Waals surface area contributed by atoms with Crippen LogP contribution in [0.15, 0.2) is 23.1 Å². The maximum absolute atomic E-state index is 13.6. The summed E-state index contributed by atoms with van der Waals surface area (Å²) < 4.78 is 34.1. The second-order valence-electron chi connectivity index (χ2n) is 9.54. The summed E-state index contributed by atoms with van der Waals surface area (Å²) in [5, 5.41) is 0. The Morgan fingerprint density at radius 3 is 2.29 bits per heavy atom. The quantitative estimate of drug-likeness (QED) is 0.615. The Hall–Kier alpha value is -2.76. The number of rotatable bonds is 4. The minimum atomic E-state index is -3.61. The van der Waals surface area contributed by atoms with E-state index in [0.29, 0.717) is 76.0 Å². The fourth-order valence-corrected chi connectivity index (χ4v) is 7.01. The number of benzene rings is 1. The first-order valence-electron chi connectivity index (χ1n) is 12.3. The van der Waals surface area contributed by atoms with Crippen LogP contribution in [0.1, 0.15) is 23.2 Å². The summed E-state index contributed by atoms with van der Waals surface area (Å²) >= 11 is 0. The average Bonchev–Trinajstić information content (AvgIpc) is 3.32. The molecule has 0 spiro atoms. The van der Waals surface area contributed by atoms with Gasteiger partial charge in [0.15, 0.2) is 0 Å². The van der Waals surface area contributed by atoms with Crippen molar-refractivity contribution in [2.24, 2.45) is 0 Å². The predicted octanol–water partition coefficient (Wildman–Crippen LogP) is 0.968. The van der Waals surface area contributed by atoms with E-state index in [4.69, 9.17) is 9.72 Å². The number of morpholine rings is 1. The Kier molecular flexibility index (Phi) is 5.65. The number of carbonyl (C=O) groups is 1. The van der Waals surface area contributed by atoms with E-state index < -0.39 is 10.0 Å². The van der Waals surface area contributed by atoms with Gasteiger partial charge in [-0.15, -0.1) is 0 Å². The molecule has 1 aromatic heterocycles. The first-order chi connectivity index (χ1) is 16.9. The van der Waals surface area contributed by atoms with Gasteiger partial charge in [0, 0.05) is 64.0 Å². The van der Waals surface area contributed by atoms with Crippen molar-refractivity contribution in [1.82, 2.24) is 14.3 Å². The zero-order valence-corrected chi connectivity index (χ0v) is 20.8. The smallest absolute Gasteiger partial charge is 0.243 e. The highest BCUT2D eigenvalue weighted by Gasteiger charge is 2.35. The molecule has 0 atom stereocenters. The normalized spacial score (nSPS) is 20.9. The summed E-state index contributed by atoms with van der Waals surface area (Å²) in [5.41, 5.74) is 3.79. The first kappa shape index (κ1) is 22.7. The summed E-state index contributed by atoms with van der Waals surface area (Å²) in [4.78, 5) is 28.1. The first-order valence-corrected chi connectivity index (χ1v) is 13.7. The van der Waals surface area contributed by atoms with Gasteiger partial charge in [0.2, 0.25) is 21.9 Å². The van der Waals surface area contributed by atoms with Crippen LogP contribution in [0.4, 0.5) is 17.5 Å². The van der Waals surface area contributed by atoms with Crippen molar-refractivity contribution in [3.05, 3.63) is 35.0 Å². The third-order valence-corrected chi connectivity index (χ3v) is 9.22. The van der Waals surface area contributed by atoms with Crippen LogP contribution in [-0.4, -0.2) is 87.6 Å². The molecule has 2 saturated heterocycles. The number of carbonyl (C=O) groups excluding carboxylic acids is 1. The van der Waals surface area contributed by atoms with E-state index in [-0.39, 0.29) is 5.91 Å². The van der Waals surface area contributed by atoms with E-state index in [1.54, 1.807) is 16.4 Å². The molecule has 0 saturated carbocycles. The van der Waals surface area contributed by atoms with Crippen molar-refractivity contribution in [3.63, 3.8) is 0 Å². The lowest BCUT2D eigenvalue weighted by molar-refractivity contribution is -0.118. The fourth-order valence-electron chi connectivity index (χ4n) is 5.48. The second-order valence-corrected chi connectivity index (χ2v) is 11.5. The number of anilines is 3. The number of hydrogen-bond donors (Lipinski definition) is 0. The minimum absolute atomic E-state index is 0.139. The van der Waals surface area contributed by atoms with E-state index in [1.807, 2.05) is 17.9 Å². The molecule has 11 heteroatoms. The summed E-state index contributed by atoms with van der Waals surface area (Å²) in [5.74, 6) is 1.68. The lowest BCUT2D eigenvalue weighted by Crippen LogP contribution is -2.49. The van der Waals surface area contributed by atoms with Crippen LogP contribution >= 0.6 is 0 Å². The molecule has 35 heavy (non-hydrogen) atoms. The standard InChI is InChI=1S/C24H30N6O4S/c1-17-14-21(26-24(25-17)28-10-12-34-13-11-28)27-6-8-29(9-7-27)35(32,33)20-15-18-2-3-22(31)30-5-4-19(16-20)23(18)30/h14-16H,2-13H2,1H3. The number of aromatic nitrogens is 2. The summed E-state index contributed by atoms with van der Waals surface area (Å²) in [6, 6.07) is 5.53. The molecule has 0 bridgehead atoms. The molecule has 4 aliphatic rings. The molecule has 0 N–H and O–H groups in total. The Bertz CT molecular complexity index is 1270. The van der Waals surface area contributed by atoms with Gasteiger partial charge in [-0.3, -0.25) is 4.79 Å². The number of sulfonamides is 1. The van der Waals surface area contributed by atoms with Crippen molar-refractivity contribution in [3.8, 4) is 0 Å². The van der Waals surface area contributed by atoms with Crippen LogP contribution in [0.5, 0.6) is 0 Å². The van der Waals surface area contributed by atoms with Gasteiger partial charge in [0.05, 0.1) is 23.8 Å². The van der Waals surface area contributed by atoms with Gasteiger partial charge in [-0.05, 0) is 43.0 Å². The molecule has 10 nitrogen and oxygen atoms in total. The zero-order valence-electron chi connectivity index (χ0n) is 19.9. The third kappa shape index (κ3) is 4.05. The summed E-state index contributed by atoms with van der Waals surface area (Å²) in [7, 11) is -3.61. The van der Waals surface area contributed by atoms with Gasteiger partial charge >= 0.3 is 0 Å². The Balaban J connectivity index is 1.19. The summed E-state index contributed by atoms with van der Waals surface area (Å²) in [6.07, 6.45) is 1.76. The number of amides is 1. The molecule has 0 aliphatic carbocycles. The van der Waals surface area contributed by atoms with Crippen LogP contribution < -0.4 is 14.7 Å². The topological polar surface area (TPSA) is 99.2 Å². The number of piperazine rings is 1. The number of nitrogens with zero attached hydrogens (tertiary/aromatic N) is 6.